The normalized spacial score (nSPS) is 17.1. The molecule has 7 nitrogen and oxygen atoms in total. The largest absolute Gasteiger partial charge is 0.507 e. The molecule has 1 aliphatic heterocycles. The van der Waals surface area contributed by atoms with Gasteiger partial charge in [0, 0.05) is 17.4 Å². The summed E-state index contributed by atoms with van der Waals surface area (Å²) in [5, 5.41) is 11.2. The van der Waals surface area contributed by atoms with Crippen molar-refractivity contribution in [1.29, 1.82) is 0 Å². The first-order valence-corrected chi connectivity index (χ1v) is 11.2. The van der Waals surface area contributed by atoms with E-state index in [9.17, 15) is 14.7 Å². The van der Waals surface area contributed by atoms with E-state index >= 15 is 0 Å². The van der Waals surface area contributed by atoms with Crippen LogP contribution in [0.1, 0.15) is 37.6 Å². The zero-order chi connectivity index (χ0) is 24.1. The molecule has 2 heterocycles. The number of amides is 1. The second-order valence-electron chi connectivity index (χ2n) is 7.72. The molecule has 4 rings (SSSR count). The van der Waals surface area contributed by atoms with E-state index in [4.69, 9.17) is 9.47 Å². The van der Waals surface area contributed by atoms with E-state index in [0.29, 0.717) is 41.7 Å². The zero-order valence-corrected chi connectivity index (χ0v) is 19.1. The Hall–Kier alpha value is -4.13. The highest BCUT2D eigenvalue weighted by Gasteiger charge is 2.47. The van der Waals surface area contributed by atoms with Crippen LogP contribution in [0.15, 0.2) is 78.5 Å². The van der Waals surface area contributed by atoms with Crippen LogP contribution in [0.2, 0.25) is 0 Å². The first kappa shape index (κ1) is 23.0. The molecule has 0 spiro atoms. The molecule has 174 valence electrons. The van der Waals surface area contributed by atoms with E-state index in [1.54, 1.807) is 72.9 Å². The second kappa shape index (κ2) is 10.2. The molecule has 1 fully saturated rings. The van der Waals surface area contributed by atoms with Crippen molar-refractivity contribution in [3.63, 3.8) is 0 Å². The molecule has 34 heavy (non-hydrogen) atoms. The maximum Gasteiger partial charge on any atom is 0.300 e. The number of nitrogens with zero attached hydrogens (tertiary/aromatic N) is 2. The highest BCUT2D eigenvalue weighted by atomic mass is 16.5. The Labute approximate surface area is 198 Å². The second-order valence-corrected chi connectivity index (χ2v) is 7.72. The molecular weight excluding hydrogens is 432 g/mol. The molecule has 7 heteroatoms. The van der Waals surface area contributed by atoms with Crippen LogP contribution in [-0.4, -0.2) is 35.0 Å². The fourth-order valence-electron chi connectivity index (χ4n) is 3.87. The summed E-state index contributed by atoms with van der Waals surface area (Å²) < 4.78 is 11.1. The minimum absolute atomic E-state index is 0.0141. The van der Waals surface area contributed by atoms with Gasteiger partial charge in [0.25, 0.3) is 11.7 Å². The van der Waals surface area contributed by atoms with Gasteiger partial charge < -0.3 is 14.6 Å². The van der Waals surface area contributed by atoms with Crippen molar-refractivity contribution < 1.29 is 24.2 Å². The van der Waals surface area contributed by atoms with E-state index in [1.807, 2.05) is 13.8 Å². The van der Waals surface area contributed by atoms with Gasteiger partial charge >= 0.3 is 0 Å². The summed E-state index contributed by atoms with van der Waals surface area (Å²) in [6.07, 6.45) is 2.47. The zero-order valence-electron chi connectivity index (χ0n) is 19.1. The Morgan fingerprint density at radius 1 is 0.941 bits per heavy atom. The maximum absolute atomic E-state index is 13.2. The summed E-state index contributed by atoms with van der Waals surface area (Å²) in [7, 11) is 0. The minimum Gasteiger partial charge on any atom is -0.507 e. The van der Waals surface area contributed by atoms with Gasteiger partial charge in [-0.1, -0.05) is 13.0 Å². The highest BCUT2D eigenvalue weighted by Crippen LogP contribution is 2.41. The van der Waals surface area contributed by atoms with Crippen molar-refractivity contribution >= 4 is 23.1 Å². The molecule has 1 aliphatic rings. The van der Waals surface area contributed by atoms with Crippen molar-refractivity contribution in [2.45, 2.75) is 26.3 Å². The van der Waals surface area contributed by atoms with E-state index in [1.165, 1.54) is 4.90 Å². The summed E-state index contributed by atoms with van der Waals surface area (Å²) in [6, 6.07) is 18.1. The number of aliphatic hydroxyl groups is 1. The third kappa shape index (κ3) is 4.50. The Kier molecular flexibility index (Phi) is 6.92. The van der Waals surface area contributed by atoms with Crippen molar-refractivity contribution in [3.05, 3.63) is 89.8 Å². The number of anilines is 1. The molecule has 1 amide bonds. The fraction of sp³-hybridized carbons (Fsp3) is 0.222. The molecule has 1 unspecified atom stereocenters. The number of aromatic nitrogens is 1. The van der Waals surface area contributed by atoms with Gasteiger partial charge in [-0.2, -0.15) is 0 Å². The third-order valence-corrected chi connectivity index (χ3v) is 5.44. The Morgan fingerprint density at radius 3 is 2.24 bits per heavy atom. The number of hydrogen-bond acceptors (Lipinski definition) is 6. The van der Waals surface area contributed by atoms with E-state index in [2.05, 4.69) is 4.98 Å². The standard InChI is InChI=1S/C27H26N2O5/c1-3-17-34-21-12-8-18(9-13-21)25(30)23-24(22-7-5-6-16-28-22)29(27(32)26(23)31)19-10-14-20(15-11-19)33-4-2/h5-16,24,30H,3-4,17H2,1-2H3/b25-23-. The monoisotopic (exact) mass is 458 g/mol. The molecule has 1 saturated heterocycles. The van der Waals surface area contributed by atoms with Gasteiger partial charge in [-0.3, -0.25) is 19.5 Å². The lowest BCUT2D eigenvalue weighted by Gasteiger charge is -2.24. The number of pyridine rings is 1. The average Bonchev–Trinajstić information content (AvgIpc) is 3.14. The number of hydrogen-bond donors (Lipinski definition) is 1. The van der Waals surface area contributed by atoms with Crippen LogP contribution in [-0.2, 0) is 9.59 Å². The minimum atomic E-state index is -0.879. The molecule has 1 atom stereocenters. The first-order chi connectivity index (χ1) is 16.5. The number of ketones is 1. The van der Waals surface area contributed by atoms with Crippen LogP contribution < -0.4 is 14.4 Å². The lowest BCUT2D eigenvalue weighted by molar-refractivity contribution is -0.132. The van der Waals surface area contributed by atoms with E-state index in [0.717, 1.165) is 6.42 Å². The van der Waals surface area contributed by atoms with Gasteiger partial charge in [0.2, 0.25) is 0 Å². The fourth-order valence-corrected chi connectivity index (χ4v) is 3.87. The summed E-state index contributed by atoms with van der Waals surface area (Å²) in [4.78, 5) is 32.1. The number of ether oxygens (including phenoxy) is 2. The number of carbonyl (C=O) groups excluding carboxylic acids is 2. The number of aliphatic hydroxyl groups excluding tert-OH is 1. The number of benzene rings is 2. The van der Waals surface area contributed by atoms with Crippen LogP contribution in [0.4, 0.5) is 5.69 Å². The van der Waals surface area contributed by atoms with Gasteiger partial charge in [-0.15, -0.1) is 0 Å². The molecule has 0 bridgehead atoms. The summed E-state index contributed by atoms with van der Waals surface area (Å²) in [5.74, 6) is -0.445. The molecule has 0 saturated carbocycles. The quantitative estimate of drug-likeness (QED) is 0.294. The molecule has 2 aromatic carbocycles. The van der Waals surface area contributed by atoms with Crippen LogP contribution in [0.3, 0.4) is 0 Å². The van der Waals surface area contributed by atoms with Crippen LogP contribution in [0.25, 0.3) is 5.76 Å². The molecule has 1 N–H and O–H groups in total. The van der Waals surface area contributed by atoms with Gasteiger partial charge in [-0.25, -0.2) is 0 Å². The van der Waals surface area contributed by atoms with Crippen LogP contribution in [0, 0.1) is 0 Å². The summed E-state index contributed by atoms with van der Waals surface area (Å²) in [5.41, 5.74) is 1.37. The van der Waals surface area contributed by atoms with E-state index in [-0.39, 0.29) is 11.3 Å². The third-order valence-electron chi connectivity index (χ3n) is 5.44. The van der Waals surface area contributed by atoms with Crippen molar-refractivity contribution in [1.82, 2.24) is 4.98 Å². The Balaban J connectivity index is 1.79. The molecular formula is C27H26N2O5. The van der Waals surface area contributed by atoms with Crippen molar-refractivity contribution in [3.8, 4) is 11.5 Å². The average molecular weight is 459 g/mol. The topological polar surface area (TPSA) is 89.0 Å². The molecule has 3 aromatic rings. The Morgan fingerprint density at radius 2 is 1.62 bits per heavy atom. The highest BCUT2D eigenvalue weighted by molar-refractivity contribution is 6.51. The van der Waals surface area contributed by atoms with Gasteiger partial charge in [-0.05, 0) is 74.0 Å². The molecule has 1 aromatic heterocycles. The predicted octanol–water partition coefficient (Wildman–Crippen LogP) is 4.90. The van der Waals surface area contributed by atoms with Crippen LogP contribution in [0.5, 0.6) is 11.5 Å². The number of Topliss-reactive ketones (excluding diaryl/α,β-unsaturated/α-hetero) is 1. The van der Waals surface area contributed by atoms with Gasteiger partial charge in [0.05, 0.1) is 24.5 Å². The predicted molar refractivity (Wildman–Crippen MR) is 129 cm³/mol. The lowest BCUT2D eigenvalue weighted by Crippen LogP contribution is -2.29. The van der Waals surface area contributed by atoms with Gasteiger partial charge in [0.15, 0.2) is 0 Å². The van der Waals surface area contributed by atoms with Gasteiger partial charge in [0.1, 0.15) is 23.3 Å². The maximum atomic E-state index is 13.2. The SMILES string of the molecule is CCCOc1ccc(/C(O)=C2/C(=O)C(=O)N(c3ccc(OCC)cc3)C2c2ccccn2)cc1. The smallest absolute Gasteiger partial charge is 0.300 e. The molecule has 0 radical (unpaired) electrons. The summed E-state index contributed by atoms with van der Waals surface area (Å²) >= 11 is 0. The number of carbonyl (C=O) groups is 2. The van der Waals surface area contributed by atoms with E-state index < -0.39 is 17.7 Å². The Bertz CT molecular complexity index is 1190. The van der Waals surface area contributed by atoms with Crippen molar-refractivity contribution in [2.24, 2.45) is 0 Å². The first-order valence-electron chi connectivity index (χ1n) is 11.2. The van der Waals surface area contributed by atoms with Crippen LogP contribution >= 0.6 is 0 Å². The number of rotatable bonds is 8. The van der Waals surface area contributed by atoms with Crippen molar-refractivity contribution in [2.75, 3.05) is 18.1 Å². The molecule has 0 aliphatic carbocycles. The lowest BCUT2D eigenvalue weighted by atomic mass is 9.98. The summed E-state index contributed by atoms with van der Waals surface area (Å²) in [6.45, 7) is 5.00.